The molecule has 0 bridgehead atoms. The number of nitrogens with two attached hydrogens (primary N) is 1. The summed E-state index contributed by atoms with van der Waals surface area (Å²) in [5.41, 5.74) is 7.75. The number of carbonyl (C=O) groups excluding carboxylic acids is 2. The molecule has 0 radical (unpaired) electrons. The van der Waals surface area contributed by atoms with Crippen LogP contribution in [0.5, 0.6) is 0 Å². The maximum atomic E-state index is 10.7. The Morgan fingerprint density at radius 2 is 2.31 bits per heavy atom. The van der Waals surface area contributed by atoms with Gasteiger partial charge in [-0.05, 0) is 18.6 Å². The molecule has 3 N–H and O–H groups in total. The number of nitrogens with one attached hydrogen (secondary N) is 1. The first-order valence-corrected chi connectivity index (χ1v) is 5.08. The lowest BCUT2D eigenvalue weighted by atomic mass is 10.2. The molecule has 13 heavy (non-hydrogen) atoms. The molecule has 0 atom stereocenters. The highest BCUT2D eigenvalue weighted by atomic mass is 32.2. The summed E-state index contributed by atoms with van der Waals surface area (Å²) in [6.07, 6.45) is 1.95. The Morgan fingerprint density at radius 3 is 2.85 bits per heavy atom. The van der Waals surface area contributed by atoms with Crippen molar-refractivity contribution in [2.24, 2.45) is 10.8 Å². The largest absolute Gasteiger partial charge is 0.361 e. The summed E-state index contributed by atoms with van der Waals surface area (Å²) in [6, 6.07) is 0. The number of amides is 2. The molecular weight excluding hydrogens is 190 g/mol. The van der Waals surface area contributed by atoms with E-state index >= 15 is 0 Å². The maximum Gasteiger partial charge on any atom is 0.329 e. The molecule has 0 saturated carbocycles. The van der Waals surface area contributed by atoms with E-state index in [1.165, 1.54) is 0 Å². The monoisotopic (exact) mass is 201 g/mol. The van der Waals surface area contributed by atoms with Crippen LogP contribution >= 0.6 is 11.8 Å². The number of thioether (sulfide) groups is 1. The van der Waals surface area contributed by atoms with E-state index in [0.29, 0.717) is 0 Å². The van der Waals surface area contributed by atoms with E-state index in [2.05, 4.69) is 10.5 Å². The summed E-state index contributed by atoms with van der Waals surface area (Å²) in [7, 11) is 0. The van der Waals surface area contributed by atoms with Gasteiger partial charge in [0.1, 0.15) is 0 Å². The van der Waals surface area contributed by atoms with Crippen molar-refractivity contribution in [1.82, 2.24) is 5.43 Å². The standard InChI is InChI=1S/C7H11N3O2S/c8-6(11)7(12)10-9-5-2-1-3-13-4-5/h1-4H2,(H2,8,11)(H,10,12)/b9-5+. The zero-order chi connectivity index (χ0) is 9.68. The minimum Gasteiger partial charge on any atom is -0.361 e. The summed E-state index contributed by atoms with van der Waals surface area (Å²) in [5.74, 6) is 0.0813. The molecule has 1 heterocycles. The van der Waals surface area contributed by atoms with E-state index in [1.807, 2.05) is 0 Å². The van der Waals surface area contributed by atoms with Gasteiger partial charge in [0, 0.05) is 11.5 Å². The molecule has 0 aliphatic carbocycles. The minimum absolute atomic E-state index is 0.818. The second-order valence-electron chi connectivity index (χ2n) is 2.64. The molecule has 1 aliphatic heterocycles. The fourth-order valence-corrected chi connectivity index (χ4v) is 1.85. The first-order chi connectivity index (χ1) is 6.20. The van der Waals surface area contributed by atoms with Gasteiger partial charge in [0.15, 0.2) is 0 Å². The lowest BCUT2D eigenvalue weighted by molar-refractivity contribution is -0.137. The van der Waals surface area contributed by atoms with Crippen LogP contribution in [0.4, 0.5) is 0 Å². The van der Waals surface area contributed by atoms with Crippen molar-refractivity contribution in [3.8, 4) is 0 Å². The topological polar surface area (TPSA) is 84.5 Å². The number of rotatable bonds is 1. The lowest BCUT2D eigenvalue weighted by Gasteiger charge is -2.11. The van der Waals surface area contributed by atoms with E-state index in [-0.39, 0.29) is 0 Å². The van der Waals surface area contributed by atoms with Gasteiger partial charge in [-0.25, -0.2) is 5.43 Å². The lowest BCUT2D eigenvalue weighted by Crippen LogP contribution is -2.34. The molecule has 0 aromatic rings. The molecule has 0 aromatic heterocycles. The van der Waals surface area contributed by atoms with Crippen molar-refractivity contribution in [1.29, 1.82) is 0 Å². The third kappa shape index (κ3) is 3.45. The quantitative estimate of drug-likeness (QED) is 0.442. The van der Waals surface area contributed by atoms with Crippen LogP contribution in [0.1, 0.15) is 12.8 Å². The summed E-state index contributed by atoms with van der Waals surface area (Å²) < 4.78 is 0. The molecule has 1 saturated heterocycles. The van der Waals surface area contributed by atoms with Crippen LogP contribution in [0.3, 0.4) is 0 Å². The maximum absolute atomic E-state index is 10.7. The third-order valence-electron chi connectivity index (χ3n) is 1.56. The van der Waals surface area contributed by atoms with E-state index < -0.39 is 11.8 Å². The summed E-state index contributed by atoms with van der Waals surface area (Å²) in [6.45, 7) is 0. The molecule has 6 heteroatoms. The number of hydrogen-bond acceptors (Lipinski definition) is 4. The van der Waals surface area contributed by atoms with Gasteiger partial charge in [-0.1, -0.05) is 0 Å². The normalized spacial score (nSPS) is 19.8. The molecule has 1 fully saturated rings. The summed E-state index contributed by atoms with van der Waals surface area (Å²) >= 11 is 1.76. The van der Waals surface area contributed by atoms with Crippen LogP contribution in [0.2, 0.25) is 0 Å². The first kappa shape index (κ1) is 10.0. The minimum atomic E-state index is -1.01. The molecule has 0 unspecified atom stereocenters. The van der Waals surface area contributed by atoms with Crippen LogP contribution in [-0.4, -0.2) is 29.0 Å². The van der Waals surface area contributed by atoms with Crippen LogP contribution in [0.15, 0.2) is 5.10 Å². The Bertz CT molecular complexity index is 244. The van der Waals surface area contributed by atoms with Crippen molar-refractivity contribution >= 4 is 29.3 Å². The highest BCUT2D eigenvalue weighted by molar-refractivity contribution is 8.00. The van der Waals surface area contributed by atoms with Gasteiger partial charge in [-0.3, -0.25) is 9.59 Å². The highest BCUT2D eigenvalue weighted by Gasteiger charge is 2.10. The van der Waals surface area contributed by atoms with Crippen molar-refractivity contribution in [3.63, 3.8) is 0 Å². The van der Waals surface area contributed by atoms with Crippen LogP contribution in [-0.2, 0) is 9.59 Å². The van der Waals surface area contributed by atoms with Crippen LogP contribution < -0.4 is 11.2 Å². The zero-order valence-corrected chi connectivity index (χ0v) is 7.89. The van der Waals surface area contributed by atoms with E-state index in [1.54, 1.807) is 11.8 Å². The summed E-state index contributed by atoms with van der Waals surface area (Å²) in [5, 5.41) is 3.80. The van der Waals surface area contributed by atoms with Crippen LogP contribution in [0.25, 0.3) is 0 Å². The Balaban J connectivity index is 2.37. The molecule has 1 aliphatic rings. The molecule has 5 nitrogen and oxygen atoms in total. The predicted octanol–water partition coefficient (Wildman–Crippen LogP) is -0.529. The number of nitrogens with zero attached hydrogens (tertiary/aromatic N) is 1. The third-order valence-corrected chi connectivity index (χ3v) is 2.68. The number of hydrazone groups is 1. The predicted molar refractivity (Wildman–Crippen MR) is 51.3 cm³/mol. The van der Waals surface area contributed by atoms with Gasteiger partial charge >= 0.3 is 11.8 Å². The van der Waals surface area contributed by atoms with Crippen molar-refractivity contribution < 1.29 is 9.59 Å². The van der Waals surface area contributed by atoms with Gasteiger partial charge in [0.25, 0.3) is 0 Å². The number of carbonyl (C=O) groups is 2. The Hall–Kier alpha value is -1.04. The first-order valence-electron chi connectivity index (χ1n) is 3.93. The summed E-state index contributed by atoms with van der Waals surface area (Å²) in [4.78, 5) is 21.0. The Kier molecular flexibility index (Phi) is 3.75. The van der Waals surface area contributed by atoms with Gasteiger partial charge in [-0.2, -0.15) is 16.9 Å². The second-order valence-corrected chi connectivity index (χ2v) is 3.74. The van der Waals surface area contributed by atoms with E-state index in [0.717, 1.165) is 30.1 Å². The smallest absolute Gasteiger partial charge is 0.329 e. The molecule has 2 amide bonds. The fraction of sp³-hybridized carbons (Fsp3) is 0.571. The van der Waals surface area contributed by atoms with Gasteiger partial charge < -0.3 is 5.73 Å². The molecule has 0 spiro atoms. The van der Waals surface area contributed by atoms with E-state index in [9.17, 15) is 9.59 Å². The number of primary amides is 1. The SMILES string of the molecule is NC(=O)C(=O)N/N=C1\CCCSC1. The van der Waals surface area contributed by atoms with Gasteiger partial charge in [-0.15, -0.1) is 0 Å². The van der Waals surface area contributed by atoms with Gasteiger partial charge in [0.05, 0.1) is 0 Å². The van der Waals surface area contributed by atoms with Crippen LogP contribution in [0, 0.1) is 0 Å². The fourth-order valence-electron chi connectivity index (χ4n) is 0.914. The number of hydrogen-bond donors (Lipinski definition) is 2. The van der Waals surface area contributed by atoms with Crippen molar-refractivity contribution in [3.05, 3.63) is 0 Å². The van der Waals surface area contributed by atoms with Gasteiger partial charge in [0.2, 0.25) is 0 Å². The molecule has 1 rings (SSSR count). The van der Waals surface area contributed by atoms with Crippen molar-refractivity contribution in [2.45, 2.75) is 12.8 Å². The molecular formula is C7H11N3O2S. The molecule has 0 aromatic carbocycles. The highest BCUT2D eigenvalue weighted by Crippen LogP contribution is 2.13. The Morgan fingerprint density at radius 1 is 1.54 bits per heavy atom. The van der Waals surface area contributed by atoms with Crippen molar-refractivity contribution in [2.75, 3.05) is 11.5 Å². The Labute approximate surface area is 80.1 Å². The van der Waals surface area contributed by atoms with E-state index in [4.69, 9.17) is 5.73 Å². The average molecular weight is 201 g/mol. The second kappa shape index (κ2) is 4.86. The average Bonchev–Trinajstić information content (AvgIpc) is 2.15. The molecule has 72 valence electrons. The zero-order valence-electron chi connectivity index (χ0n) is 7.08.